The van der Waals surface area contributed by atoms with E-state index in [2.05, 4.69) is 10.3 Å². The Labute approximate surface area is 172 Å². The second kappa shape index (κ2) is 9.58. The predicted molar refractivity (Wildman–Crippen MR) is 115 cm³/mol. The third-order valence-electron chi connectivity index (χ3n) is 4.38. The first-order valence-electron chi connectivity index (χ1n) is 9.26. The van der Waals surface area contributed by atoms with Gasteiger partial charge in [-0.1, -0.05) is 36.0 Å². The molecule has 152 valence electrons. The van der Waals surface area contributed by atoms with Gasteiger partial charge in [-0.3, -0.25) is 14.2 Å². The number of fused-ring (bicyclic) bond motifs is 1. The number of benzene rings is 2. The Bertz CT molecular complexity index is 1070. The lowest BCUT2D eigenvalue weighted by Gasteiger charge is -2.17. The second-order valence-corrected chi connectivity index (χ2v) is 7.70. The fourth-order valence-electron chi connectivity index (χ4n) is 2.86. The summed E-state index contributed by atoms with van der Waals surface area (Å²) in [5, 5.41) is 12.5. The van der Waals surface area contributed by atoms with Crippen LogP contribution in [0.3, 0.4) is 0 Å². The molecular weight excluding hydrogens is 390 g/mol. The van der Waals surface area contributed by atoms with Crippen molar-refractivity contribution in [2.75, 3.05) is 19.0 Å². The molecule has 0 radical (unpaired) electrons. The molecule has 1 aromatic heterocycles. The van der Waals surface area contributed by atoms with Crippen LogP contribution in [0.15, 0.2) is 58.5 Å². The molecule has 29 heavy (non-hydrogen) atoms. The van der Waals surface area contributed by atoms with Crippen molar-refractivity contribution in [1.29, 1.82) is 0 Å². The molecule has 1 unspecified atom stereocenters. The number of thioether (sulfide) groups is 1. The summed E-state index contributed by atoms with van der Waals surface area (Å²) in [4.78, 5) is 30.2. The van der Waals surface area contributed by atoms with E-state index in [0.29, 0.717) is 40.5 Å². The molecule has 1 heterocycles. The number of hydrogen-bond acceptors (Lipinski definition) is 6. The molecule has 3 rings (SSSR count). The number of carbonyl (C=O) groups excluding carboxylic acids is 1. The van der Waals surface area contributed by atoms with E-state index in [-0.39, 0.29) is 18.1 Å². The molecule has 0 spiro atoms. The summed E-state index contributed by atoms with van der Waals surface area (Å²) in [5.41, 5.74) is 0.984. The first kappa shape index (κ1) is 20.9. The summed E-state index contributed by atoms with van der Waals surface area (Å²) in [6.45, 7) is 2.05. The van der Waals surface area contributed by atoms with Crippen molar-refractivity contribution < 1.29 is 14.6 Å². The van der Waals surface area contributed by atoms with E-state index in [1.54, 1.807) is 44.4 Å². The van der Waals surface area contributed by atoms with Crippen molar-refractivity contribution in [1.82, 2.24) is 9.55 Å². The highest BCUT2D eigenvalue weighted by molar-refractivity contribution is 8.00. The van der Waals surface area contributed by atoms with Gasteiger partial charge in [0.1, 0.15) is 5.75 Å². The van der Waals surface area contributed by atoms with E-state index in [9.17, 15) is 14.7 Å². The number of aliphatic hydroxyl groups is 1. The zero-order valence-electron chi connectivity index (χ0n) is 16.3. The Morgan fingerprint density at radius 1 is 1.24 bits per heavy atom. The maximum atomic E-state index is 12.9. The summed E-state index contributed by atoms with van der Waals surface area (Å²) >= 11 is 1.21. The van der Waals surface area contributed by atoms with Gasteiger partial charge < -0.3 is 15.2 Å². The number of nitrogens with one attached hydrogen (secondary N) is 1. The molecule has 0 aliphatic heterocycles. The molecule has 0 bridgehead atoms. The zero-order chi connectivity index (χ0) is 20.8. The number of ether oxygens (including phenoxy) is 1. The molecular formula is C21H23N3O4S. The van der Waals surface area contributed by atoms with Crippen LogP contribution >= 0.6 is 11.8 Å². The molecule has 0 aliphatic rings. The molecule has 2 N–H and O–H groups in total. The number of para-hydroxylation sites is 3. The number of methoxy groups -OCH3 is 1. The summed E-state index contributed by atoms with van der Waals surface area (Å²) in [5.74, 6) is 0.345. The van der Waals surface area contributed by atoms with Gasteiger partial charge in [-0.15, -0.1) is 0 Å². The van der Waals surface area contributed by atoms with E-state index in [4.69, 9.17) is 4.74 Å². The molecule has 3 aromatic rings. The topological polar surface area (TPSA) is 93.5 Å². The number of carbonyl (C=O) groups is 1. The van der Waals surface area contributed by atoms with Crippen LogP contribution in [0.1, 0.15) is 13.3 Å². The van der Waals surface area contributed by atoms with Gasteiger partial charge in [0.25, 0.3) is 5.56 Å². The van der Waals surface area contributed by atoms with Crippen LogP contribution < -0.4 is 15.6 Å². The van der Waals surface area contributed by atoms with Gasteiger partial charge in [0.15, 0.2) is 5.16 Å². The van der Waals surface area contributed by atoms with Crippen molar-refractivity contribution in [3.8, 4) is 5.75 Å². The molecule has 0 aliphatic carbocycles. The lowest BCUT2D eigenvalue weighted by molar-refractivity contribution is -0.115. The van der Waals surface area contributed by atoms with Gasteiger partial charge in [-0.25, -0.2) is 4.98 Å². The van der Waals surface area contributed by atoms with E-state index in [0.717, 1.165) is 0 Å². The molecule has 0 saturated carbocycles. The van der Waals surface area contributed by atoms with Crippen LogP contribution in [0.2, 0.25) is 0 Å². The average molecular weight is 413 g/mol. The Balaban J connectivity index is 1.87. The van der Waals surface area contributed by atoms with E-state index in [1.165, 1.54) is 16.3 Å². The van der Waals surface area contributed by atoms with Crippen molar-refractivity contribution >= 4 is 34.3 Å². The fraction of sp³-hybridized carbons (Fsp3) is 0.286. The number of hydrogen-bond donors (Lipinski definition) is 2. The molecule has 0 fully saturated rings. The van der Waals surface area contributed by atoms with Gasteiger partial charge in [0.05, 0.1) is 29.0 Å². The quantitative estimate of drug-likeness (QED) is 0.436. The van der Waals surface area contributed by atoms with Gasteiger partial charge in [-0.05, 0) is 37.6 Å². The Kier molecular flexibility index (Phi) is 6.90. The van der Waals surface area contributed by atoms with Crippen molar-refractivity contribution in [3.05, 3.63) is 58.9 Å². The first-order valence-corrected chi connectivity index (χ1v) is 10.1. The standard InChI is InChI=1S/C21H23N3O4S/c1-14(19(26)22-17-10-5-6-11-18(17)28-2)29-21-23-16-9-4-3-8-15(16)20(27)24(21)12-7-13-25/h3-6,8-11,14,25H,7,12-13H2,1-2H3,(H,22,26). The van der Waals surface area contributed by atoms with E-state index >= 15 is 0 Å². The second-order valence-electron chi connectivity index (χ2n) is 6.40. The number of anilines is 1. The van der Waals surface area contributed by atoms with Gasteiger partial charge in [0, 0.05) is 13.2 Å². The Hall–Kier alpha value is -2.84. The van der Waals surface area contributed by atoms with Gasteiger partial charge in [0.2, 0.25) is 5.91 Å². The molecule has 2 aromatic carbocycles. The lowest BCUT2D eigenvalue weighted by Crippen LogP contribution is -2.27. The first-order chi connectivity index (χ1) is 14.0. The van der Waals surface area contributed by atoms with Gasteiger partial charge >= 0.3 is 0 Å². The largest absolute Gasteiger partial charge is 0.495 e. The minimum absolute atomic E-state index is 0.0345. The van der Waals surface area contributed by atoms with Gasteiger partial charge in [-0.2, -0.15) is 0 Å². The normalized spacial score (nSPS) is 12.0. The molecule has 1 atom stereocenters. The number of nitrogens with zero attached hydrogens (tertiary/aromatic N) is 2. The summed E-state index contributed by atoms with van der Waals surface area (Å²) in [7, 11) is 1.54. The highest BCUT2D eigenvalue weighted by Crippen LogP contribution is 2.27. The number of aromatic nitrogens is 2. The van der Waals surface area contributed by atoms with Crippen LogP contribution in [0.25, 0.3) is 10.9 Å². The number of rotatable bonds is 8. The summed E-state index contributed by atoms with van der Waals surface area (Å²) in [6, 6.07) is 14.3. The number of aliphatic hydroxyl groups excluding tert-OH is 1. The van der Waals surface area contributed by atoms with Crippen molar-refractivity contribution in [2.24, 2.45) is 0 Å². The number of amides is 1. The predicted octanol–water partition coefficient (Wildman–Crippen LogP) is 2.91. The highest BCUT2D eigenvalue weighted by atomic mass is 32.2. The molecule has 0 saturated heterocycles. The van der Waals surface area contributed by atoms with Crippen molar-refractivity contribution in [3.63, 3.8) is 0 Å². The Morgan fingerprint density at radius 3 is 2.72 bits per heavy atom. The lowest BCUT2D eigenvalue weighted by atomic mass is 10.2. The van der Waals surface area contributed by atoms with Crippen LogP contribution in [0.5, 0.6) is 5.75 Å². The molecule has 1 amide bonds. The minimum atomic E-state index is -0.506. The smallest absolute Gasteiger partial charge is 0.262 e. The SMILES string of the molecule is COc1ccccc1NC(=O)C(C)Sc1nc2ccccc2c(=O)n1CCCO. The van der Waals surface area contributed by atoms with E-state index in [1.807, 2.05) is 18.2 Å². The molecule has 7 nitrogen and oxygen atoms in total. The maximum absolute atomic E-state index is 12.9. The highest BCUT2D eigenvalue weighted by Gasteiger charge is 2.20. The third kappa shape index (κ3) is 4.78. The van der Waals surface area contributed by atoms with Crippen molar-refractivity contribution in [2.45, 2.75) is 30.3 Å². The van der Waals surface area contributed by atoms with Crippen LogP contribution in [-0.2, 0) is 11.3 Å². The Morgan fingerprint density at radius 2 is 1.97 bits per heavy atom. The maximum Gasteiger partial charge on any atom is 0.262 e. The fourth-order valence-corrected chi connectivity index (χ4v) is 3.79. The molecule has 8 heteroatoms. The van der Waals surface area contributed by atoms with Crippen LogP contribution in [0, 0.1) is 0 Å². The summed E-state index contributed by atoms with van der Waals surface area (Å²) in [6.07, 6.45) is 0.426. The van der Waals surface area contributed by atoms with E-state index < -0.39 is 5.25 Å². The zero-order valence-corrected chi connectivity index (χ0v) is 17.1. The average Bonchev–Trinajstić information content (AvgIpc) is 2.74. The minimum Gasteiger partial charge on any atom is -0.495 e. The van der Waals surface area contributed by atoms with Crippen LogP contribution in [-0.4, -0.2) is 39.5 Å². The summed E-state index contributed by atoms with van der Waals surface area (Å²) < 4.78 is 6.79. The van der Waals surface area contributed by atoms with Crippen LogP contribution in [0.4, 0.5) is 5.69 Å². The monoisotopic (exact) mass is 413 g/mol. The third-order valence-corrected chi connectivity index (χ3v) is 5.47.